The summed E-state index contributed by atoms with van der Waals surface area (Å²) in [6, 6.07) is 8.11. The van der Waals surface area contributed by atoms with Gasteiger partial charge < -0.3 is 5.32 Å². The lowest BCUT2D eigenvalue weighted by atomic mass is 10.1. The average Bonchev–Trinajstić information content (AvgIpc) is 2.48. The minimum Gasteiger partial charge on any atom is -0.310 e. The van der Waals surface area contributed by atoms with Crippen LogP contribution in [0.25, 0.3) is 0 Å². The summed E-state index contributed by atoms with van der Waals surface area (Å²) in [5.74, 6) is 0. The van der Waals surface area contributed by atoms with Crippen LogP contribution in [-0.4, -0.2) is 16.5 Å². The molecule has 3 nitrogen and oxygen atoms in total. The van der Waals surface area contributed by atoms with Crippen molar-refractivity contribution in [2.75, 3.05) is 6.54 Å². The van der Waals surface area contributed by atoms with Crippen molar-refractivity contribution in [1.29, 1.82) is 0 Å². The molecular weight excluding hydrogens is 290 g/mol. The summed E-state index contributed by atoms with van der Waals surface area (Å²) in [6.07, 6.45) is 4.59. The van der Waals surface area contributed by atoms with E-state index in [0.29, 0.717) is 5.02 Å². The van der Waals surface area contributed by atoms with E-state index in [-0.39, 0.29) is 6.04 Å². The van der Waals surface area contributed by atoms with E-state index < -0.39 is 0 Å². The van der Waals surface area contributed by atoms with Crippen molar-refractivity contribution >= 4 is 23.4 Å². The van der Waals surface area contributed by atoms with Crippen molar-refractivity contribution in [1.82, 2.24) is 15.3 Å². The van der Waals surface area contributed by atoms with Crippen molar-refractivity contribution in [3.8, 4) is 0 Å². The predicted octanol–water partition coefficient (Wildman–Crippen LogP) is 4.34. The first-order valence-corrected chi connectivity index (χ1v) is 7.88. The van der Waals surface area contributed by atoms with Crippen LogP contribution in [0.5, 0.6) is 0 Å². The molecule has 0 amide bonds. The van der Waals surface area contributed by atoms with Crippen LogP contribution in [0, 0.1) is 0 Å². The van der Waals surface area contributed by atoms with Gasteiger partial charge in [-0.1, -0.05) is 24.6 Å². The number of pyridine rings is 2. The molecule has 1 unspecified atom stereocenters. The third-order valence-electron chi connectivity index (χ3n) is 2.87. The van der Waals surface area contributed by atoms with Crippen molar-refractivity contribution in [2.24, 2.45) is 0 Å². The maximum absolute atomic E-state index is 5.86. The summed E-state index contributed by atoms with van der Waals surface area (Å²) >= 11 is 7.42. The van der Waals surface area contributed by atoms with Gasteiger partial charge in [0.15, 0.2) is 0 Å². The molecule has 0 radical (unpaired) electrons. The molecule has 0 aliphatic rings. The maximum Gasteiger partial charge on any atom is 0.107 e. The minimum absolute atomic E-state index is 0.276. The average molecular weight is 308 g/mol. The zero-order chi connectivity index (χ0) is 14.4. The Kier molecular flexibility index (Phi) is 5.83. The summed E-state index contributed by atoms with van der Waals surface area (Å²) in [7, 11) is 0. The summed E-state index contributed by atoms with van der Waals surface area (Å²) in [5, 5.41) is 6.02. The van der Waals surface area contributed by atoms with Gasteiger partial charge in [-0.15, -0.1) is 0 Å². The van der Waals surface area contributed by atoms with Gasteiger partial charge in [0.25, 0.3) is 0 Å². The van der Waals surface area contributed by atoms with E-state index in [9.17, 15) is 0 Å². The second kappa shape index (κ2) is 7.62. The van der Waals surface area contributed by atoms with Crippen molar-refractivity contribution in [3.63, 3.8) is 0 Å². The van der Waals surface area contributed by atoms with Gasteiger partial charge >= 0.3 is 0 Å². The van der Waals surface area contributed by atoms with Crippen LogP contribution in [0.3, 0.4) is 0 Å². The van der Waals surface area contributed by atoms with Gasteiger partial charge in [-0.3, -0.25) is 0 Å². The highest BCUT2D eigenvalue weighted by Gasteiger charge is 2.12. The first-order chi connectivity index (χ1) is 9.70. The Morgan fingerprint density at radius 2 is 2.15 bits per heavy atom. The number of hydrogen-bond acceptors (Lipinski definition) is 4. The number of rotatable bonds is 6. The van der Waals surface area contributed by atoms with Gasteiger partial charge in [-0.25, -0.2) is 9.97 Å². The molecule has 0 spiro atoms. The molecule has 2 aromatic rings. The van der Waals surface area contributed by atoms with Crippen LogP contribution in [0.15, 0.2) is 46.7 Å². The molecule has 0 saturated carbocycles. The van der Waals surface area contributed by atoms with Gasteiger partial charge in [0.05, 0.1) is 5.02 Å². The first kappa shape index (κ1) is 15.3. The first-order valence-electron chi connectivity index (χ1n) is 6.68. The molecule has 2 aromatic heterocycles. The van der Waals surface area contributed by atoms with Crippen LogP contribution in [0.2, 0.25) is 5.02 Å². The van der Waals surface area contributed by atoms with Crippen molar-refractivity contribution in [2.45, 2.75) is 36.4 Å². The summed E-state index contributed by atoms with van der Waals surface area (Å²) in [5.41, 5.74) is 1.20. The van der Waals surface area contributed by atoms with E-state index in [1.807, 2.05) is 24.4 Å². The molecule has 0 fully saturated rings. The predicted molar refractivity (Wildman–Crippen MR) is 84.3 cm³/mol. The molecule has 2 rings (SSSR count). The number of nitrogens with zero attached hydrogens (tertiary/aromatic N) is 2. The van der Waals surface area contributed by atoms with E-state index in [0.717, 1.165) is 23.0 Å². The molecule has 5 heteroatoms. The van der Waals surface area contributed by atoms with Gasteiger partial charge in [-0.05, 0) is 49.9 Å². The fourth-order valence-electron chi connectivity index (χ4n) is 1.81. The molecule has 2 heterocycles. The standard InChI is InChI=1S/C15H18ClN3S/c1-3-8-17-11(2)13-5-4-9-18-15(13)20-14-7-6-12(16)10-19-14/h4-7,9-11,17H,3,8H2,1-2H3. The number of hydrogen-bond donors (Lipinski definition) is 1. The minimum atomic E-state index is 0.276. The normalized spacial score (nSPS) is 12.3. The topological polar surface area (TPSA) is 37.8 Å². The summed E-state index contributed by atoms with van der Waals surface area (Å²) in [4.78, 5) is 8.78. The zero-order valence-corrected chi connectivity index (χ0v) is 13.2. The highest BCUT2D eigenvalue weighted by atomic mass is 35.5. The molecule has 0 bridgehead atoms. The molecule has 0 aliphatic heterocycles. The number of aromatic nitrogens is 2. The second-order valence-electron chi connectivity index (χ2n) is 4.49. The van der Waals surface area contributed by atoms with Crippen LogP contribution >= 0.6 is 23.4 Å². The third-order valence-corrected chi connectivity index (χ3v) is 4.08. The lowest BCUT2D eigenvalue weighted by Gasteiger charge is -2.16. The van der Waals surface area contributed by atoms with Crippen molar-refractivity contribution < 1.29 is 0 Å². The molecule has 0 saturated heterocycles. The second-order valence-corrected chi connectivity index (χ2v) is 5.94. The molecule has 0 aliphatic carbocycles. The Bertz CT molecular complexity index is 545. The molecular formula is C15H18ClN3S. The monoisotopic (exact) mass is 307 g/mol. The van der Waals surface area contributed by atoms with E-state index in [1.165, 1.54) is 5.56 Å². The molecule has 20 heavy (non-hydrogen) atoms. The van der Waals surface area contributed by atoms with Gasteiger partial charge in [0.1, 0.15) is 10.1 Å². The van der Waals surface area contributed by atoms with Gasteiger partial charge in [0.2, 0.25) is 0 Å². The smallest absolute Gasteiger partial charge is 0.107 e. The Hall–Kier alpha value is -1.10. The van der Waals surface area contributed by atoms with Crippen molar-refractivity contribution in [3.05, 3.63) is 47.2 Å². The van der Waals surface area contributed by atoms with Crippen LogP contribution < -0.4 is 5.32 Å². The van der Waals surface area contributed by atoms with E-state index >= 15 is 0 Å². The molecule has 0 aromatic carbocycles. The Balaban J connectivity index is 2.17. The largest absolute Gasteiger partial charge is 0.310 e. The fraction of sp³-hybridized carbons (Fsp3) is 0.333. The van der Waals surface area contributed by atoms with Crippen LogP contribution in [0.1, 0.15) is 31.9 Å². The van der Waals surface area contributed by atoms with Crippen LogP contribution in [0.4, 0.5) is 0 Å². The van der Waals surface area contributed by atoms with E-state index in [4.69, 9.17) is 11.6 Å². The number of halogens is 1. The van der Waals surface area contributed by atoms with Crippen LogP contribution in [-0.2, 0) is 0 Å². The third kappa shape index (κ3) is 4.20. The summed E-state index contributed by atoms with van der Waals surface area (Å²) < 4.78 is 0. The Morgan fingerprint density at radius 3 is 2.85 bits per heavy atom. The molecule has 106 valence electrons. The lowest BCUT2D eigenvalue weighted by molar-refractivity contribution is 0.560. The lowest BCUT2D eigenvalue weighted by Crippen LogP contribution is -2.20. The summed E-state index contributed by atoms with van der Waals surface area (Å²) in [6.45, 7) is 5.32. The zero-order valence-electron chi connectivity index (χ0n) is 11.6. The quantitative estimate of drug-likeness (QED) is 0.861. The number of nitrogens with one attached hydrogen (secondary N) is 1. The van der Waals surface area contributed by atoms with Gasteiger partial charge in [-0.2, -0.15) is 0 Å². The molecule has 1 N–H and O–H groups in total. The molecule has 1 atom stereocenters. The highest BCUT2D eigenvalue weighted by molar-refractivity contribution is 7.99. The van der Waals surface area contributed by atoms with Gasteiger partial charge in [0, 0.05) is 24.0 Å². The van der Waals surface area contributed by atoms with E-state index in [2.05, 4.69) is 35.2 Å². The Morgan fingerprint density at radius 1 is 1.30 bits per heavy atom. The fourth-order valence-corrected chi connectivity index (χ4v) is 2.84. The van der Waals surface area contributed by atoms with E-state index in [1.54, 1.807) is 18.0 Å². The SMILES string of the molecule is CCCNC(C)c1cccnc1Sc1ccc(Cl)cn1. The highest BCUT2D eigenvalue weighted by Crippen LogP contribution is 2.30. The maximum atomic E-state index is 5.86. The Labute approximate surface area is 129 Å².